The van der Waals surface area contributed by atoms with Crippen LogP contribution in [0.5, 0.6) is 5.88 Å². The van der Waals surface area contributed by atoms with E-state index in [-0.39, 0.29) is 11.9 Å². The Morgan fingerprint density at radius 2 is 1.66 bits per heavy atom. The normalized spacial score (nSPS) is 19.5. The number of pyridine rings is 1. The van der Waals surface area contributed by atoms with Crippen LogP contribution in [0.15, 0.2) is 73.1 Å². The van der Waals surface area contributed by atoms with Gasteiger partial charge in [0, 0.05) is 116 Å². The fraction of sp³-hybridized carbons (Fsp3) is 0.372. The molecule has 4 saturated heterocycles. The summed E-state index contributed by atoms with van der Waals surface area (Å²) < 4.78 is 5.72. The highest BCUT2D eigenvalue weighted by atomic mass is 16.5. The average molecular weight is 751 g/mol. The molecule has 13 heteroatoms. The second-order valence-electron chi connectivity index (χ2n) is 16.1. The molecule has 10 rings (SSSR count). The third-order valence-electron chi connectivity index (χ3n) is 12.3. The van der Waals surface area contributed by atoms with Crippen LogP contribution in [0.2, 0.25) is 0 Å². The lowest BCUT2D eigenvalue weighted by molar-refractivity contribution is -0.120. The molecule has 0 aliphatic carbocycles. The number of amides is 3. The van der Waals surface area contributed by atoms with E-state index in [1.165, 1.54) is 24.5 Å². The van der Waals surface area contributed by atoms with Crippen LogP contribution < -0.4 is 35.4 Å². The van der Waals surface area contributed by atoms with Crippen molar-refractivity contribution in [3.8, 4) is 17.0 Å². The van der Waals surface area contributed by atoms with Crippen molar-refractivity contribution in [1.82, 2.24) is 25.2 Å². The number of hydrogen-bond donors (Lipinski definition) is 3. The number of likely N-dealkylation sites (tertiary alicyclic amines) is 1. The molecule has 0 radical (unpaired) electrons. The van der Waals surface area contributed by atoms with Crippen LogP contribution in [-0.2, 0) is 4.79 Å². The largest absolute Gasteiger partial charge is 0.474 e. The van der Waals surface area contributed by atoms with Crippen molar-refractivity contribution < 1.29 is 14.3 Å². The Bertz CT molecular complexity index is 2350. The number of benzene rings is 3. The zero-order valence-electron chi connectivity index (χ0n) is 31.8. The molecule has 3 amide bonds. The molecule has 5 aliphatic rings. The highest BCUT2D eigenvalue weighted by molar-refractivity contribution is 6.06. The van der Waals surface area contributed by atoms with E-state index in [0.29, 0.717) is 42.9 Å². The van der Waals surface area contributed by atoms with Crippen LogP contribution in [0.1, 0.15) is 30.4 Å². The average Bonchev–Trinajstić information content (AvgIpc) is 3.18. The Balaban J connectivity index is 0.710. The highest BCUT2D eigenvalue weighted by Gasteiger charge is 2.53. The fourth-order valence-corrected chi connectivity index (χ4v) is 9.29. The van der Waals surface area contributed by atoms with E-state index in [4.69, 9.17) is 9.72 Å². The number of aromatic nitrogens is 3. The van der Waals surface area contributed by atoms with Crippen molar-refractivity contribution in [3.05, 3.63) is 84.2 Å². The Hall–Kier alpha value is -5.95. The Morgan fingerprint density at radius 1 is 0.857 bits per heavy atom. The highest BCUT2D eigenvalue weighted by Crippen LogP contribution is 2.44. The molecule has 3 aromatic carbocycles. The molecule has 0 saturated carbocycles. The van der Waals surface area contributed by atoms with Gasteiger partial charge in [-0.3, -0.25) is 19.9 Å². The molecule has 286 valence electrons. The lowest BCUT2D eigenvalue weighted by atomic mass is 9.71. The SMILES string of the molecule is Cc1cc(N2CCC(N3CC4(CN(c5ccc(Nc6ncc7ccc(-c8cnc9c(c8C)NCCO9)cc7n6)cc5)C4)C3)CC2)ccc1N1CCC(=O)NC1=O. The van der Waals surface area contributed by atoms with Gasteiger partial charge < -0.3 is 25.2 Å². The monoisotopic (exact) mass is 750 g/mol. The number of carbonyl (C=O) groups excluding carboxylic acids is 2. The molecule has 4 fully saturated rings. The number of urea groups is 1. The smallest absolute Gasteiger partial charge is 0.328 e. The van der Waals surface area contributed by atoms with Crippen molar-refractivity contribution in [3.63, 3.8) is 0 Å². The molecule has 0 unspecified atom stereocenters. The Labute approximate surface area is 326 Å². The summed E-state index contributed by atoms with van der Waals surface area (Å²) >= 11 is 0. The molecule has 13 nitrogen and oxygen atoms in total. The molecule has 0 bridgehead atoms. The first kappa shape index (κ1) is 34.5. The molecular weight excluding hydrogens is 705 g/mol. The van der Waals surface area contributed by atoms with Crippen molar-refractivity contribution in [1.29, 1.82) is 0 Å². The number of fused-ring (bicyclic) bond motifs is 2. The van der Waals surface area contributed by atoms with Gasteiger partial charge in [-0.1, -0.05) is 12.1 Å². The summed E-state index contributed by atoms with van der Waals surface area (Å²) in [4.78, 5) is 47.3. The first-order valence-corrected chi connectivity index (χ1v) is 19.7. The Morgan fingerprint density at radius 3 is 2.45 bits per heavy atom. The molecule has 5 aromatic rings. The molecule has 7 heterocycles. The van der Waals surface area contributed by atoms with Crippen LogP contribution in [0, 0.1) is 19.3 Å². The van der Waals surface area contributed by atoms with E-state index in [0.717, 1.165) is 95.8 Å². The number of imide groups is 1. The van der Waals surface area contributed by atoms with Crippen molar-refractivity contribution >= 4 is 57.2 Å². The zero-order valence-corrected chi connectivity index (χ0v) is 31.8. The summed E-state index contributed by atoms with van der Waals surface area (Å²) in [6, 6.07) is 21.5. The van der Waals surface area contributed by atoms with Gasteiger partial charge in [-0.15, -0.1) is 0 Å². The standard InChI is InChI=1S/C43H46N10O3/c1-27-19-34(9-10-37(27)53-17-13-38(54)49-42(53)55)50-15-11-33(12-16-50)52-25-43(26-52)23-51(24-43)32-7-5-31(6-8-32)47-41-46-21-30-4-3-29(20-36(30)48-41)35-22-45-40-39(28(35)2)44-14-18-56-40/h3-10,19-22,33,44H,11-18,23-26H2,1-2H3,(H,46,47,48)(H,49,54,55). The first-order valence-electron chi connectivity index (χ1n) is 19.7. The van der Waals surface area contributed by atoms with Gasteiger partial charge in [0.15, 0.2) is 0 Å². The number of nitrogens with one attached hydrogen (secondary N) is 3. The van der Waals surface area contributed by atoms with Crippen LogP contribution in [0.25, 0.3) is 22.0 Å². The second-order valence-corrected chi connectivity index (χ2v) is 16.1. The summed E-state index contributed by atoms with van der Waals surface area (Å²) in [6.07, 6.45) is 6.40. The summed E-state index contributed by atoms with van der Waals surface area (Å²) in [7, 11) is 0. The van der Waals surface area contributed by atoms with Gasteiger partial charge in [-0.25, -0.2) is 19.7 Å². The molecule has 5 aliphatic heterocycles. The summed E-state index contributed by atoms with van der Waals surface area (Å²) in [5.74, 6) is 1.02. The van der Waals surface area contributed by atoms with Gasteiger partial charge in [0.2, 0.25) is 17.7 Å². The van der Waals surface area contributed by atoms with Gasteiger partial charge in [0.1, 0.15) is 12.3 Å². The van der Waals surface area contributed by atoms with Gasteiger partial charge in [0.25, 0.3) is 0 Å². The lowest BCUT2D eigenvalue weighted by Gasteiger charge is -2.63. The number of hydrogen-bond acceptors (Lipinski definition) is 11. The van der Waals surface area contributed by atoms with E-state index < -0.39 is 0 Å². The van der Waals surface area contributed by atoms with E-state index >= 15 is 0 Å². The van der Waals surface area contributed by atoms with Crippen molar-refractivity contribution in [2.75, 3.05) is 84.3 Å². The minimum atomic E-state index is -0.335. The minimum absolute atomic E-state index is 0.209. The predicted molar refractivity (Wildman–Crippen MR) is 219 cm³/mol. The predicted octanol–water partition coefficient (Wildman–Crippen LogP) is 6.09. The molecule has 56 heavy (non-hydrogen) atoms. The molecule has 3 N–H and O–H groups in total. The number of rotatable bonds is 7. The van der Waals surface area contributed by atoms with Gasteiger partial charge in [0.05, 0.1) is 5.52 Å². The van der Waals surface area contributed by atoms with E-state index in [9.17, 15) is 9.59 Å². The third-order valence-corrected chi connectivity index (χ3v) is 12.3. The number of anilines is 6. The molecular formula is C43H46N10O3. The zero-order chi connectivity index (χ0) is 38.0. The molecule has 2 aromatic heterocycles. The maximum atomic E-state index is 12.4. The quantitative estimate of drug-likeness (QED) is 0.179. The van der Waals surface area contributed by atoms with Gasteiger partial charge in [-0.2, -0.15) is 0 Å². The first-order chi connectivity index (χ1) is 27.3. The molecule has 0 atom stereocenters. The van der Waals surface area contributed by atoms with Crippen LogP contribution in [-0.4, -0.2) is 96.8 Å². The topological polar surface area (TPSA) is 131 Å². The minimum Gasteiger partial charge on any atom is -0.474 e. The summed E-state index contributed by atoms with van der Waals surface area (Å²) in [6.45, 7) is 12.6. The number of aryl methyl sites for hydroxylation is 1. The fourth-order valence-electron chi connectivity index (χ4n) is 9.29. The van der Waals surface area contributed by atoms with Crippen LogP contribution in [0.4, 0.5) is 39.2 Å². The second kappa shape index (κ2) is 13.7. The summed E-state index contributed by atoms with van der Waals surface area (Å²) in [5, 5.41) is 10.2. The van der Waals surface area contributed by atoms with E-state index in [2.05, 4.69) is 102 Å². The maximum Gasteiger partial charge on any atom is 0.328 e. The van der Waals surface area contributed by atoms with Gasteiger partial charge in [-0.05, 0) is 91.9 Å². The number of nitrogens with zero attached hydrogens (tertiary/aromatic N) is 7. The number of piperidine rings is 1. The summed E-state index contributed by atoms with van der Waals surface area (Å²) in [5.41, 5.74) is 10.8. The van der Waals surface area contributed by atoms with E-state index in [1.807, 2.05) is 25.4 Å². The van der Waals surface area contributed by atoms with Crippen molar-refractivity contribution in [2.24, 2.45) is 5.41 Å². The van der Waals surface area contributed by atoms with Gasteiger partial charge >= 0.3 is 6.03 Å². The van der Waals surface area contributed by atoms with Crippen molar-refractivity contribution in [2.45, 2.75) is 39.2 Å². The third kappa shape index (κ3) is 6.29. The van der Waals surface area contributed by atoms with Crippen LogP contribution >= 0.6 is 0 Å². The van der Waals surface area contributed by atoms with E-state index in [1.54, 1.807) is 4.90 Å². The van der Waals surface area contributed by atoms with Crippen LogP contribution in [0.3, 0.4) is 0 Å². The Kier molecular flexibility index (Phi) is 8.42. The lowest BCUT2D eigenvalue weighted by Crippen LogP contribution is -2.74. The number of ether oxygens (including phenoxy) is 1. The maximum absolute atomic E-state index is 12.4. The number of carbonyl (C=O) groups is 2. The molecule has 1 spiro atoms.